The van der Waals surface area contributed by atoms with Crippen LogP contribution in [0.5, 0.6) is 5.88 Å². The molecule has 7 nitrogen and oxygen atoms in total. The van der Waals surface area contributed by atoms with Gasteiger partial charge >= 0.3 is 0 Å². The van der Waals surface area contributed by atoms with E-state index in [-0.39, 0.29) is 0 Å². The largest absolute Gasteiger partial charge is 0.472 e. The molecule has 0 spiro atoms. The Labute approximate surface area is 199 Å². The molecule has 1 amide bonds. The highest BCUT2D eigenvalue weighted by Gasteiger charge is 2.26. The molecule has 0 saturated carbocycles. The molecule has 8 heteroatoms. The van der Waals surface area contributed by atoms with E-state index in [0.717, 1.165) is 34.9 Å². The van der Waals surface area contributed by atoms with Crippen molar-refractivity contribution < 1.29 is 9.53 Å². The first kappa shape index (κ1) is 23.1. The van der Waals surface area contributed by atoms with Gasteiger partial charge in [0, 0.05) is 29.6 Å². The molecule has 4 rings (SSSR count). The van der Waals surface area contributed by atoms with Crippen molar-refractivity contribution in [3.63, 3.8) is 0 Å². The van der Waals surface area contributed by atoms with Crippen molar-refractivity contribution >= 4 is 23.6 Å². The highest BCUT2D eigenvalue weighted by molar-refractivity contribution is 7.99. The van der Waals surface area contributed by atoms with Crippen LogP contribution in [0, 0.1) is 6.92 Å². The van der Waals surface area contributed by atoms with Crippen LogP contribution in [0.25, 0.3) is 0 Å². The summed E-state index contributed by atoms with van der Waals surface area (Å²) in [6.07, 6.45) is 2.90. The molecule has 2 heterocycles. The van der Waals surface area contributed by atoms with Crippen LogP contribution in [0.1, 0.15) is 27.9 Å². The molecule has 1 aliphatic rings. The highest BCUT2D eigenvalue weighted by Crippen LogP contribution is 2.35. The summed E-state index contributed by atoms with van der Waals surface area (Å²) in [5.41, 5.74) is 8.11. The molecule has 0 bridgehead atoms. The van der Waals surface area contributed by atoms with Crippen molar-refractivity contribution in [2.75, 3.05) is 32.1 Å². The van der Waals surface area contributed by atoms with E-state index < -0.39 is 5.91 Å². The lowest BCUT2D eigenvalue weighted by Gasteiger charge is -2.21. The fourth-order valence-electron chi connectivity index (χ4n) is 3.78. The van der Waals surface area contributed by atoms with Crippen molar-refractivity contribution in [2.24, 2.45) is 5.73 Å². The molecule has 33 heavy (non-hydrogen) atoms. The predicted octanol–water partition coefficient (Wildman–Crippen LogP) is 3.75. The second-order valence-corrected chi connectivity index (χ2v) is 9.58. The van der Waals surface area contributed by atoms with Crippen LogP contribution in [0.15, 0.2) is 64.5 Å². The molecular weight excluding hydrogens is 434 g/mol. The second-order valence-electron chi connectivity index (χ2n) is 8.46. The number of likely N-dealkylation sites (N-methyl/N-ethyl adjacent to an activating group) is 1. The first-order chi connectivity index (χ1) is 15.9. The second kappa shape index (κ2) is 10.2. The molecule has 0 unspecified atom stereocenters. The Hall–Kier alpha value is -3.10. The minimum absolute atomic E-state index is 0.423. The minimum atomic E-state index is -0.442. The van der Waals surface area contributed by atoms with Crippen LogP contribution in [-0.4, -0.2) is 54.0 Å². The number of amides is 1. The summed E-state index contributed by atoms with van der Waals surface area (Å²) in [4.78, 5) is 27.0. The van der Waals surface area contributed by atoms with Gasteiger partial charge < -0.3 is 20.3 Å². The summed E-state index contributed by atoms with van der Waals surface area (Å²) in [6.45, 7) is 4.30. The Morgan fingerprint density at radius 3 is 2.70 bits per heavy atom. The summed E-state index contributed by atoms with van der Waals surface area (Å²) in [6, 6.07) is 15.9. The van der Waals surface area contributed by atoms with Gasteiger partial charge in [0.2, 0.25) is 17.7 Å². The summed E-state index contributed by atoms with van der Waals surface area (Å²) in [5, 5.41) is 0. The quantitative estimate of drug-likeness (QED) is 0.544. The molecule has 1 aliphatic heterocycles. The van der Waals surface area contributed by atoms with Gasteiger partial charge in [-0.1, -0.05) is 41.6 Å². The SMILES string of the molecule is Cc1cccc(COc2nc(N3CC[C@@H](N(C)C)C3)ncc2Sc2ccc(C(N)=O)cc2)c1. The van der Waals surface area contributed by atoms with Crippen molar-refractivity contribution in [1.82, 2.24) is 14.9 Å². The standard InChI is InChI=1S/C25H29N5O2S/c1-17-5-4-6-18(13-17)16-32-24-22(33-21-9-7-19(8-10-21)23(26)31)14-27-25(28-24)30-12-11-20(15-30)29(2)3/h4-10,13-14,20H,11-12,15-16H2,1-3H3,(H2,26,31)/t20-/m1/s1. The molecule has 1 fully saturated rings. The third-order valence-corrected chi connectivity index (χ3v) is 6.72. The highest BCUT2D eigenvalue weighted by atomic mass is 32.2. The normalized spacial score (nSPS) is 15.8. The van der Waals surface area contributed by atoms with Gasteiger partial charge in [0.25, 0.3) is 0 Å². The number of anilines is 1. The number of nitrogens with zero attached hydrogens (tertiary/aromatic N) is 4. The molecular formula is C25H29N5O2S. The fourth-order valence-corrected chi connectivity index (χ4v) is 4.61. The Morgan fingerprint density at radius 2 is 2.03 bits per heavy atom. The number of hydrogen-bond donors (Lipinski definition) is 1. The van der Waals surface area contributed by atoms with Crippen LogP contribution in [-0.2, 0) is 6.61 Å². The Morgan fingerprint density at radius 1 is 1.24 bits per heavy atom. The van der Waals surface area contributed by atoms with Gasteiger partial charge in [0.05, 0.1) is 11.1 Å². The van der Waals surface area contributed by atoms with Crippen LogP contribution in [0.2, 0.25) is 0 Å². The topological polar surface area (TPSA) is 84.6 Å². The molecule has 0 radical (unpaired) electrons. The molecule has 172 valence electrons. The first-order valence-electron chi connectivity index (χ1n) is 10.9. The number of carbonyl (C=O) groups is 1. The van der Waals surface area contributed by atoms with Crippen molar-refractivity contribution in [3.8, 4) is 5.88 Å². The van der Waals surface area contributed by atoms with Crippen LogP contribution < -0.4 is 15.4 Å². The summed E-state index contributed by atoms with van der Waals surface area (Å²) < 4.78 is 6.20. The lowest BCUT2D eigenvalue weighted by molar-refractivity contribution is 0.1000. The van der Waals surface area contributed by atoms with E-state index in [1.54, 1.807) is 12.1 Å². The van der Waals surface area contributed by atoms with Gasteiger partial charge in [-0.05, 0) is 57.3 Å². The average molecular weight is 464 g/mol. The Bertz CT molecular complexity index is 1120. The Kier molecular flexibility index (Phi) is 7.15. The fraction of sp³-hybridized carbons (Fsp3) is 0.320. The summed E-state index contributed by atoms with van der Waals surface area (Å²) >= 11 is 1.50. The zero-order valence-corrected chi connectivity index (χ0v) is 20.0. The summed E-state index contributed by atoms with van der Waals surface area (Å²) in [7, 11) is 4.21. The van der Waals surface area contributed by atoms with Gasteiger partial charge in [0.15, 0.2) is 0 Å². The van der Waals surface area contributed by atoms with Crippen LogP contribution >= 0.6 is 11.8 Å². The third-order valence-electron chi connectivity index (χ3n) is 5.71. The molecule has 2 N–H and O–H groups in total. The third kappa shape index (κ3) is 5.83. The number of aryl methyl sites for hydroxylation is 1. The van der Waals surface area contributed by atoms with Gasteiger partial charge in [-0.15, -0.1) is 0 Å². The first-order valence-corrected chi connectivity index (χ1v) is 11.7. The number of carbonyl (C=O) groups excluding carboxylic acids is 1. The van der Waals surface area contributed by atoms with Gasteiger partial charge in [-0.25, -0.2) is 4.98 Å². The molecule has 0 aliphatic carbocycles. The maximum absolute atomic E-state index is 11.4. The van der Waals surface area contributed by atoms with Gasteiger partial charge in [-0.3, -0.25) is 4.79 Å². The zero-order chi connectivity index (χ0) is 23.4. The number of primary amides is 1. The number of benzene rings is 2. The number of nitrogens with two attached hydrogens (primary N) is 1. The molecule has 1 saturated heterocycles. The van der Waals surface area contributed by atoms with Gasteiger partial charge in [0.1, 0.15) is 6.61 Å². The Balaban J connectivity index is 1.58. The maximum Gasteiger partial charge on any atom is 0.248 e. The summed E-state index contributed by atoms with van der Waals surface area (Å²) in [5.74, 6) is 0.800. The van der Waals surface area contributed by atoms with E-state index in [4.69, 9.17) is 15.5 Å². The molecule has 1 aromatic heterocycles. The number of aromatic nitrogens is 2. The number of rotatable bonds is 8. The minimum Gasteiger partial charge on any atom is -0.472 e. The smallest absolute Gasteiger partial charge is 0.248 e. The van der Waals surface area contributed by atoms with E-state index in [1.807, 2.05) is 30.5 Å². The van der Waals surface area contributed by atoms with E-state index >= 15 is 0 Å². The monoisotopic (exact) mass is 463 g/mol. The maximum atomic E-state index is 11.4. The molecule has 1 atom stereocenters. The number of hydrogen-bond acceptors (Lipinski definition) is 7. The molecule has 2 aromatic carbocycles. The van der Waals surface area contributed by atoms with Crippen LogP contribution in [0.3, 0.4) is 0 Å². The van der Waals surface area contributed by atoms with Crippen molar-refractivity contribution in [1.29, 1.82) is 0 Å². The number of ether oxygens (including phenoxy) is 1. The lowest BCUT2D eigenvalue weighted by atomic mass is 10.1. The lowest BCUT2D eigenvalue weighted by Crippen LogP contribution is -2.32. The van der Waals surface area contributed by atoms with Crippen molar-refractivity contribution in [2.45, 2.75) is 35.8 Å². The van der Waals surface area contributed by atoms with E-state index in [2.05, 4.69) is 47.9 Å². The average Bonchev–Trinajstić information content (AvgIpc) is 3.30. The van der Waals surface area contributed by atoms with E-state index in [9.17, 15) is 4.79 Å². The van der Waals surface area contributed by atoms with Gasteiger partial charge in [-0.2, -0.15) is 4.98 Å². The molecule has 3 aromatic rings. The van der Waals surface area contributed by atoms with Crippen molar-refractivity contribution in [3.05, 3.63) is 71.4 Å². The van der Waals surface area contributed by atoms with Crippen LogP contribution in [0.4, 0.5) is 5.95 Å². The predicted molar refractivity (Wildman–Crippen MR) is 131 cm³/mol. The van der Waals surface area contributed by atoms with E-state index in [1.165, 1.54) is 17.3 Å². The zero-order valence-electron chi connectivity index (χ0n) is 19.2. The van der Waals surface area contributed by atoms with E-state index in [0.29, 0.717) is 30.0 Å².